The molecule has 1 aromatic heterocycles. The summed E-state index contributed by atoms with van der Waals surface area (Å²) >= 11 is 0. The molecule has 2 atom stereocenters. The SMILES string of the molecule is CO[C@H]1CO[C@@]2(CCCN(S(=O)(=O)c3cccnc3)C2)C1. The van der Waals surface area contributed by atoms with Crippen LogP contribution < -0.4 is 0 Å². The minimum absolute atomic E-state index is 0.0612. The largest absolute Gasteiger partial charge is 0.379 e. The summed E-state index contributed by atoms with van der Waals surface area (Å²) in [4.78, 5) is 4.14. The van der Waals surface area contributed by atoms with Crippen LogP contribution in [0.2, 0.25) is 0 Å². The van der Waals surface area contributed by atoms with Crippen molar-refractivity contribution in [2.75, 3.05) is 26.8 Å². The summed E-state index contributed by atoms with van der Waals surface area (Å²) in [5.41, 5.74) is -0.395. The van der Waals surface area contributed by atoms with Crippen LogP contribution in [0.15, 0.2) is 29.4 Å². The zero-order valence-corrected chi connectivity index (χ0v) is 12.9. The highest BCUT2D eigenvalue weighted by Crippen LogP contribution is 2.37. The zero-order chi connectivity index (χ0) is 14.9. The summed E-state index contributed by atoms with van der Waals surface area (Å²) in [7, 11) is -1.83. The van der Waals surface area contributed by atoms with Gasteiger partial charge in [-0.15, -0.1) is 0 Å². The van der Waals surface area contributed by atoms with E-state index >= 15 is 0 Å². The lowest BCUT2D eigenvalue weighted by atomic mass is 9.90. The zero-order valence-electron chi connectivity index (χ0n) is 12.1. The van der Waals surface area contributed by atoms with Gasteiger partial charge in [0.2, 0.25) is 10.0 Å². The van der Waals surface area contributed by atoms with Crippen LogP contribution in [0.5, 0.6) is 0 Å². The van der Waals surface area contributed by atoms with E-state index < -0.39 is 15.6 Å². The molecule has 2 saturated heterocycles. The summed E-state index contributed by atoms with van der Waals surface area (Å²) in [5, 5.41) is 0. The fourth-order valence-electron chi connectivity index (χ4n) is 3.15. The van der Waals surface area contributed by atoms with Gasteiger partial charge in [0.15, 0.2) is 0 Å². The second kappa shape index (κ2) is 5.64. The Morgan fingerprint density at radius 3 is 3.05 bits per heavy atom. The third kappa shape index (κ3) is 2.83. The van der Waals surface area contributed by atoms with E-state index in [1.54, 1.807) is 25.4 Å². The number of ether oxygens (including phenoxy) is 2. The Hall–Kier alpha value is -1.02. The van der Waals surface area contributed by atoms with E-state index in [4.69, 9.17) is 9.47 Å². The van der Waals surface area contributed by atoms with Gasteiger partial charge in [-0.3, -0.25) is 4.98 Å². The predicted molar refractivity (Wildman–Crippen MR) is 76.3 cm³/mol. The number of hydrogen-bond donors (Lipinski definition) is 0. The molecule has 2 aliphatic heterocycles. The van der Waals surface area contributed by atoms with Crippen molar-refractivity contribution in [2.24, 2.45) is 0 Å². The molecule has 1 aromatic rings. The maximum Gasteiger partial charge on any atom is 0.244 e. The summed E-state index contributed by atoms with van der Waals surface area (Å²) in [6.07, 6.45) is 5.46. The van der Waals surface area contributed by atoms with Crippen LogP contribution in [-0.4, -0.2) is 56.2 Å². The molecule has 116 valence electrons. The van der Waals surface area contributed by atoms with Crippen molar-refractivity contribution in [3.8, 4) is 0 Å². The van der Waals surface area contributed by atoms with Crippen LogP contribution in [0.3, 0.4) is 0 Å². The molecular formula is C14H20N2O4S. The Kier molecular flexibility index (Phi) is 4.00. The number of nitrogens with zero attached hydrogens (tertiary/aromatic N) is 2. The van der Waals surface area contributed by atoms with Crippen LogP contribution in [0.25, 0.3) is 0 Å². The molecule has 1 spiro atoms. The number of aromatic nitrogens is 1. The Morgan fingerprint density at radius 1 is 1.52 bits per heavy atom. The van der Waals surface area contributed by atoms with Crippen LogP contribution in [0, 0.1) is 0 Å². The topological polar surface area (TPSA) is 68.7 Å². The van der Waals surface area contributed by atoms with Gasteiger partial charge in [-0.25, -0.2) is 8.42 Å². The molecule has 0 N–H and O–H groups in total. The third-order valence-corrected chi connectivity index (χ3v) is 6.11. The van der Waals surface area contributed by atoms with Crippen LogP contribution >= 0.6 is 0 Å². The number of pyridine rings is 1. The van der Waals surface area contributed by atoms with E-state index in [0.717, 1.165) is 19.3 Å². The molecule has 0 aromatic carbocycles. The van der Waals surface area contributed by atoms with E-state index in [1.807, 2.05) is 0 Å². The number of methoxy groups -OCH3 is 1. The number of sulfonamides is 1. The molecule has 2 fully saturated rings. The minimum atomic E-state index is -3.50. The van der Waals surface area contributed by atoms with Gasteiger partial charge in [0, 0.05) is 39.0 Å². The first kappa shape index (κ1) is 14.9. The normalized spacial score (nSPS) is 30.8. The van der Waals surface area contributed by atoms with Gasteiger partial charge in [0.25, 0.3) is 0 Å². The van der Waals surface area contributed by atoms with Gasteiger partial charge in [-0.1, -0.05) is 0 Å². The Labute approximate surface area is 125 Å². The smallest absolute Gasteiger partial charge is 0.244 e. The molecule has 0 aliphatic carbocycles. The first-order valence-electron chi connectivity index (χ1n) is 7.13. The van der Waals surface area contributed by atoms with Crippen LogP contribution in [-0.2, 0) is 19.5 Å². The van der Waals surface area contributed by atoms with Crippen molar-refractivity contribution >= 4 is 10.0 Å². The first-order valence-corrected chi connectivity index (χ1v) is 8.57. The summed E-state index contributed by atoms with van der Waals surface area (Å²) in [6, 6.07) is 3.22. The maximum absolute atomic E-state index is 12.7. The quantitative estimate of drug-likeness (QED) is 0.834. The highest BCUT2D eigenvalue weighted by Gasteiger charge is 2.46. The van der Waals surface area contributed by atoms with E-state index in [-0.39, 0.29) is 11.0 Å². The van der Waals surface area contributed by atoms with Crippen molar-refractivity contribution in [1.29, 1.82) is 0 Å². The molecule has 0 saturated carbocycles. The lowest BCUT2D eigenvalue weighted by molar-refractivity contribution is -0.0346. The van der Waals surface area contributed by atoms with Crippen LogP contribution in [0.1, 0.15) is 19.3 Å². The number of hydrogen-bond acceptors (Lipinski definition) is 5. The van der Waals surface area contributed by atoms with Crippen molar-refractivity contribution in [3.05, 3.63) is 24.5 Å². The molecule has 3 rings (SSSR count). The van der Waals surface area contributed by atoms with E-state index in [9.17, 15) is 8.42 Å². The Morgan fingerprint density at radius 2 is 2.38 bits per heavy atom. The Bertz CT molecular complexity index is 592. The highest BCUT2D eigenvalue weighted by atomic mass is 32.2. The third-order valence-electron chi connectivity index (χ3n) is 4.29. The van der Waals surface area contributed by atoms with E-state index in [2.05, 4.69) is 4.98 Å². The molecule has 6 nitrogen and oxygen atoms in total. The van der Waals surface area contributed by atoms with Gasteiger partial charge >= 0.3 is 0 Å². The standard InChI is InChI=1S/C14H20N2O4S/c1-19-12-8-14(20-10-12)5-3-7-16(11-14)21(17,18)13-4-2-6-15-9-13/h2,4,6,9,12H,3,5,7-8,10-11H2,1H3/t12-,14+/m1/s1. The molecule has 0 radical (unpaired) electrons. The molecule has 0 bridgehead atoms. The fraction of sp³-hybridized carbons (Fsp3) is 0.643. The Balaban J connectivity index is 1.81. The van der Waals surface area contributed by atoms with Crippen molar-refractivity contribution in [3.63, 3.8) is 0 Å². The lowest BCUT2D eigenvalue weighted by Crippen LogP contribution is -2.50. The van der Waals surface area contributed by atoms with Crippen molar-refractivity contribution in [2.45, 2.75) is 35.9 Å². The highest BCUT2D eigenvalue weighted by molar-refractivity contribution is 7.89. The van der Waals surface area contributed by atoms with Gasteiger partial charge in [0.05, 0.1) is 18.3 Å². The first-order chi connectivity index (χ1) is 10.1. The molecular weight excluding hydrogens is 292 g/mol. The van der Waals surface area contributed by atoms with E-state index in [0.29, 0.717) is 19.7 Å². The average Bonchev–Trinajstić information content (AvgIpc) is 2.91. The molecule has 21 heavy (non-hydrogen) atoms. The van der Waals surface area contributed by atoms with Gasteiger partial charge in [-0.2, -0.15) is 4.31 Å². The van der Waals surface area contributed by atoms with Crippen molar-refractivity contribution in [1.82, 2.24) is 9.29 Å². The van der Waals surface area contributed by atoms with Crippen LogP contribution in [0.4, 0.5) is 0 Å². The predicted octanol–water partition coefficient (Wildman–Crippen LogP) is 1.04. The molecule has 0 unspecified atom stereocenters. The molecule has 7 heteroatoms. The average molecular weight is 312 g/mol. The monoisotopic (exact) mass is 312 g/mol. The molecule has 3 heterocycles. The number of rotatable bonds is 3. The van der Waals surface area contributed by atoms with Gasteiger partial charge in [0.1, 0.15) is 4.90 Å². The lowest BCUT2D eigenvalue weighted by Gasteiger charge is -2.38. The molecule has 0 amide bonds. The second-order valence-electron chi connectivity index (χ2n) is 5.69. The number of piperidine rings is 1. The second-order valence-corrected chi connectivity index (χ2v) is 7.62. The van der Waals surface area contributed by atoms with Gasteiger partial charge in [-0.05, 0) is 25.0 Å². The maximum atomic E-state index is 12.7. The minimum Gasteiger partial charge on any atom is -0.379 e. The summed E-state index contributed by atoms with van der Waals surface area (Å²) in [5.74, 6) is 0. The molecule has 2 aliphatic rings. The van der Waals surface area contributed by atoms with Gasteiger partial charge < -0.3 is 9.47 Å². The fourth-order valence-corrected chi connectivity index (χ4v) is 4.67. The summed E-state index contributed by atoms with van der Waals surface area (Å²) < 4.78 is 38.1. The van der Waals surface area contributed by atoms with Crippen molar-refractivity contribution < 1.29 is 17.9 Å². The van der Waals surface area contributed by atoms with E-state index in [1.165, 1.54) is 10.5 Å². The summed E-state index contributed by atoms with van der Waals surface area (Å²) in [6.45, 7) is 1.46.